The molecule has 0 saturated heterocycles. The predicted octanol–water partition coefficient (Wildman–Crippen LogP) is 3.34. The number of rotatable bonds is 4. The third-order valence-corrected chi connectivity index (χ3v) is 4.71. The van der Waals surface area contributed by atoms with Crippen molar-refractivity contribution < 1.29 is 13.9 Å². The largest absolute Gasteiger partial charge is 0.389 e. The van der Waals surface area contributed by atoms with Gasteiger partial charge in [-0.1, -0.05) is 0 Å². The van der Waals surface area contributed by atoms with Crippen LogP contribution in [0.4, 0.5) is 8.78 Å². The number of hydrogen-bond acceptors (Lipinski definition) is 3. The fourth-order valence-electron chi connectivity index (χ4n) is 3.17. The highest BCUT2D eigenvalue weighted by Gasteiger charge is 2.14. The van der Waals surface area contributed by atoms with Crippen LogP contribution in [-0.4, -0.2) is 30.3 Å². The molecule has 0 saturated carbocycles. The van der Waals surface area contributed by atoms with Gasteiger partial charge in [-0.25, -0.2) is 18.7 Å². The molecule has 2 aromatic heterocycles. The Morgan fingerprint density at radius 1 is 0.846 bits per heavy atom. The highest BCUT2D eigenvalue weighted by Crippen LogP contribution is 2.20. The standard InChI is InChI=1S/C19H18F2N4O/c1-11-3-16-18(4-12(11)2)24(9-22-16)7-13(26)8-25-10-23-17-5-14(20)15(21)6-19(17)25/h3-6,9-10,13,26H,7-8H2,1-2H3. The van der Waals surface area contributed by atoms with Crippen LogP contribution in [0.15, 0.2) is 36.9 Å². The molecule has 1 unspecified atom stereocenters. The first-order valence-electron chi connectivity index (χ1n) is 8.32. The second kappa shape index (κ2) is 6.17. The summed E-state index contributed by atoms with van der Waals surface area (Å²) in [6.45, 7) is 4.62. The molecule has 0 amide bonds. The summed E-state index contributed by atoms with van der Waals surface area (Å²) in [5, 5.41) is 10.5. The molecule has 0 fully saturated rings. The van der Waals surface area contributed by atoms with Gasteiger partial charge < -0.3 is 14.2 Å². The summed E-state index contributed by atoms with van der Waals surface area (Å²) in [5.74, 6) is -1.86. The van der Waals surface area contributed by atoms with Gasteiger partial charge in [-0.3, -0.25) is 0 Å². The predicted molar refractivity (Wildman–Crippen MR) is 94.9 cm³/mol. The third-order valence-electron chi connectivity index (χ3n) is 4.71. The van der Waals surface area contributed by atoms with Gasteiger partial charge in [0, 0.05) is 12.1 Å². The van der Waals surface area contributed by atoms with Crippen LogP contribution >= 0.6 is 0 Å². The first-order valence-corrected chi connectivity index (χ1v) is 8.32. The lowest BCUT2D eigenvalue weighted by molar-refractivity contribution is 0.137. The van der Waals surface area contributed by atoms with Crippen molar-refractivity contribution in [3.05, 3.63) is 59.7 Å². The molecule has 4 rings (SSSR count). The van der Waals surface area contributed by atoms with E-state index in [1.165, 1.54) is 11.9 Å². The number of aliphatic hydroxyl groups excluding tert-OH is 1. The van der Waals surface area contributed by atoms with Gasteiger partial charge in [0.1, 0.15) is 0 Å². The van der Waals surface area contributed by atoms with Crippen LogP contribution in [-0.2, 0) is 13.1 Å². The number of hydrogen-bond donors (Lipinski definition) is 1. The number of benzene rings is 2. The Hall–Kier alpha value is -2.80. The van der Waals surface area contributed by atoms with E-state index in [1.54, 1.807) is 10.9 Å². The topological polar surface area (TPSA) is 55.9 Å². The number of aromatic nitrogens is 4. The minimum absolute atomic E-state index is 0.214. The van der Waals surface area contributed by atoms with Crippen molar-refractivity contribution >= 4 is 22.1 Å². The molecule has 0 radical (unpaired) electrons. The van der Waals surface area contributed by atoms with Gasteiger partial charge in [0.05, 0.1) is 53.9 Å². The average Bonchev–Trinajstić information content (AvgIpc) is 3.14. The lowest BCUT2D eigenvalue weighted by Crippen LogP contribution is -2.21. The molecule has 7 heteroatoms. The van der Waals surface area contributed by atoms with Crippen LogP contribution in [0.3, 0.4) is 0 Å². The van der Waals surface area contributed by atoms with Gasteiger partial charge in [-0.05, 0) is 37.1 Å². The van der Waals surface area contributed by atoms with Crippen molar-refractivity contribution in [2.75, 3.05) is 0 Å². The molecule has 0 aliphatic rings. The van der Waals surface area contributed by atoms with Crippen LogP contribution in [0.1, 0.15) is 11.1 Å². The maximum Gasteiger partial charge on any atom is 0.161 e. The zero-order valence-corrected chi connectivity index (χ0v) is 14.4. The summed E-state index contributed by atoms with van der Waals surface area (Å²) in [4.78, 5) is 8.45. The Kier molecular flexibility index (Phi) is 3.96. The maximum atomic E-state index is 13.5. The molecule has 1 atom stereocenters. The van der Waals surface area contributed by atoms with E-state index in [2.05, 4.69) is 16.0 Å². The molecule has 2 heterocycles. The molecular formula is C19H18F2N4O. The lowest BCUT2D eigenvalue weighted by atomic mass is 10.1. The monoisotopic (exact) mass is 356 g/mol. The number of aryl methyl sites for hydroxylation is 2. The molecular weight excluding hydrogens is 338 g/mol. The van der Waals surface area contributed by atoms with Crippen LogP contribution in [0.5, 0.6) is 0 Å². The van der Waals surface area contributed by atoms with Crippen LogP contribution in [0.25, 0.3) is 22.1 Å². The second-order valence-corrected chi connectivity index (χ2v) is 6.63. The van der Waals surface area contributed by atoms with Gasteiger partial charge in [-0.2, -0.15) is 0 Å². The molecule has 5 nitrogen and oxygen atoms in total. The maximum absolute atomic E-state index is 13.5. The smallest absolute Gasteiger partial charge is 0.161 e. The molecule has 0 spiro atoms. The van der Waals surface area contributed by atoms with Crippen molar-refractivity contribution in [3.63, 3.8) is 0 Å². The Morgan fingerprint density at radius 3 is 2.00 bits per heavy atom. The van der Waals surface area contributed by atoms with Crippen molar-refractivity contribution in [2.45, 2.75) is 33.0 Å². The summed E-state index contributed by atoms with van der Waals surface area (Å²) in [6, 6.07) is 6.23. The fraction of sp³-hybridized carbons (Fsp3) is 0.263. The van der Waals surface area contributed by atoms with E-state index in [0.717, 1.165) is 28.7 Å². The Labute approximate surface area is 148 Å². The Morgan fingerprint density at radius 2 is 1.35 bits per heavy atom. The highest BCUT2D eigenvalue weighted by molar-refractivity contribution is 5.77. The normalized spacial score (nSPS) is 13.0. The zero-order chi connectivity index (χ0) is 18.4. The van der Waals surface area contributed by atoms with E-state index in [1.807, 2.05) is 24.5 Å². The van der Waals surface area contributed by atoms with E-state index in [4.69, 9.17) is 0 Å². The van der Waals surface area contributed by atoms with E-state index in [9.17, 15) is 13.9 Å². The van der Waals surface area contributed by atoms with Crippen molar-refractivity contribution in [3.8, 4) is 0 Å². The van der Waals surface area contributed by atoms with Crippen LogP contribution in [0, 0.1) is 25.5 Å². The Bertz CT molecular complexity index is 1030. The van der Waals surface area contributed by atoms with Crippen molar-refractivity contribution in [1.82, 2.24) is 19.1 Å². The second-order valence-electron chi connectivity index (χ2n) is 6.63. The average molecular weight is 356 g/mol. The molecule has 0 aliphatic heterocycles. The molecule has 134 valence electrons. The summed E-state index contributed by atoms with van der Waals surface area (Å²) < 4.78 is 30.3. The molecule has 26 heavy (non-hydrogen) atoms. The van der Waals surface area contributed by atoms with Crippen molar-refractivity contribution in [1.29, 1.82) is 0 Å². The third kappa shape index (κ3) is 2.84. The zero-order valence-electron chi connectivity index (χ0n) is 14.4. The van der Waals surface area contributed by atoms with E-state index >= 15 is 0 Å². The minimum Gasteiger partial charge on any atom is -0.389 e. The number of fused-ring (bicyclic) bond motifs is 2. The molecule has 0 aliphatic carbocycles. The molecule has 2 aromatic carbocycles. The van der Waals surface area contributed by atoms with Gasteiger partial charge in [-0.15, -0.1) is 0 Å². The molecule has 0 bridgehead atoms. The van der Waals surface area contributed by atoms with E-state index < -0.39 is 17.7 Å². The lowest BCUT2D eigenvalue weighted by Gasteiger charge is -2.14. The van der Waals surface area contributed by atoms with E-state index in [-0.39, 0.29) is 6.54 Å². The number of imidazole rings is 2. The van der Waals surface area contributed by atoms with Gasteiger partial charge in [0.15, 0.2) is 11.6 Å². The minimum atomic E-state index is -0.932. The summed E-state index contributed by atoms with van der Waals surface area (Å²) in [5.41, 5.74) is 4.97. The first-order chi connectivity index (χ1) is 12.4. The summed E-state index contributed by atoms with van der Waals surface area (Å²) in [7, 11) is 0. The molecule has 4 aromatic rings. The fourth-order valence-corrected chi connectivity index (χ4v) is 3.17. The van der Waals surface area contributed by atoms with Gasteiger partial charge in [0.25, 0.3) is 0 Å². The number of nitrogens with zero attached hydrogens (tertiary/aromatic N) is 4. The van der Waals surface area contributed by atoms with Crippen LogP contribution in [0.2, 0.25) is 0 Å². The van der Waals surface area contributed by atoms with E-state index in [0.29, 0.717) is 17.6 Å². The molecule has 1 N–H and O–H groups in total. The quantitative estimate of drug-likeness (QED) is 0.610. The van der Waals surface area contributed by atoms with Crippen LogP contribution < -0.4 is 0 Å². The van der Waals surface area contributed by atoms with Gasteiger partial charge >= 0.3 is 0 Å². The Balaban J connectivity index is 1.59. The summed E-state index contributed by atoms with van der Waals surface area (Å²) >= 11 is 0. The first kappa shape index (κ1) is 16.7. The van der Waals surface area contributed by atoms with Gasteiger partial charge in [0.2, 0.25) is 0 Å². The summed E-state index contributed by atoms with van der Waals surface area (Å²) in [6.07, 6.45) is 2.44. The number of halogens is 2. The van der Waals surface area contributed by atoms with Crippen molar-refractivity contribution in [2.24, 2.45) is 0 Å². The highest BCUT2D eigenvalue weighted by atomic mass is 19.2. The SMILES string of the molecule is Cc1cc2ncn(CC(O)Cn3cnc4cc(F)c(F)cc43)c2cc1C. The number of aliphatic hydroxyl groups is 1.